The molecule has 1 saturated heterocycles. The minimum absolute atomic E-state index is 0.0790. The van der Waals surface area contributed by atoms with Gasteiger partial charge in [0.25, 0.3) is 0 Å². The van der Waals surface area contributed by atoms with Crippen molar-refractivity contribution in [3.63, 3.8) is 0 Å². The molecule has 25 heavy (non-hydrogen) atoms. The first kappa shape index (κ1) is 17.5. The molecule has 6 nitrogen and oxygen atoms in total. The van der Waals surface area contributed by atoms with Crippen LogP contribution < -0.4 is 25.6 Å². The topological polar surface area (TPSA) is 71.6 Å². The fraction of sp³-hybridized carbons (Fsp3) is 0.278. The van der Waals surface area contributed by atoms with Crippen LogP contribution in [0.4, 0.5) is 5.69 Å². The monoisotopic (exact) mass is 361 g/mol. The highest BCUT2D eigenvalue weighted by atomic mass is 35.5. The van der Waals surface area contributed by atoms with E-state index in [9.17, 15) is 4.79 Å². The normalized spacial score (nSPS) is 19.5. The first-order chi connectivity index (χ1) is 12.1. The van der Waals surface area contributed by atoms with Crippen molar-refractivity contribution in [2.75, 3.05) is 26.1 Å². The standard InChI is InChI=1S/C18H20ClN3O3/c1-24-15-8-7-13(9-16(15)25-2)21-18(23)14-10-20-22-17(14)11-3-5-12(19)6-4-11/h3-9,14,17,20,22H,10H2,1-2H3,(H,21,23). The Balaban J connectivity index is 1.75. The molecular formula is C18H20ClN3O3. The van der Waals surface area contributed by atoms with E-state index in [1.165, 1.54) is 0 Å². The molecule has 3 N–H and O–H groups in total. The molecule has 2 atom stereocenters. The first-order valence-electron chi connectivity index (χ1n) is 7.89. The van der Waals surface area contributed by atoms with Crippen LogP contribution in [0.25, 0.3) is 0 Å². The summed E-state index contributed by atoms with van der Waals surface area (Å²) in [7, 11) is 3.13. The van der Waals surface area contributed by atoms with Crippen molar-refractivity contribution >= 4 is 23.2 Å². The first-order valence-corrected chi connectivity index (χ1v) is 8.27. The fourth-order valence-electron chi connectivity index (χ4n) is 2.88. The Kier molecular flexibility index (Phi) is 5.43. The zero-order chi connectivity index (χ0) is 17.8. The Labute approximate surface area is 151 Å². The maximum Gasteiger partial charge on any atom is 0.230 e. The molecular weight excluding hydrogens is 342 g/mol. The van der Waals surface area contributed by atoms with Gasteiger partial charge in [-0.15, -0.1) is 0 Å². The number of anilines is 1. The maximum absolute atomic E-state index is 12.7. The van der Waals surface area contributed by atoms with Gasteiger partial charge < -0.3 is 14.8 Å². The van der Waals surface area contributed by atoms with E-state index in [1.807, 2.05) is 24.3 Å². The number of carbonyl (C=O) groups is 1. The summed E-state index contributed by atoms with van der Waals surface area (Å²) < 4.78 is 10.5. The number of amides is 1. The quantitative estimate of drug-likeness (QED) is 0.763. The smallest absolute Gasteiger partial charge is 0.230 e. The number of ether oxygens (including phenoxy) is 2. The Bertz CT molecular complexity index is 752. The van der Waals surface area contributed by atoms with E-state index in [0.29, 0.717) is 28.8 Å². The van der Waals surface area contributed by atoms with Gasteiger partial charge >= 0.3 is 0 Å². The van der Waals surface area contributed by atoms with Crippen LogP contribution in [0.15, 0.2) is 42.5 Å². The molecule has 1 fully saturated rings. The van der Waals surface area contributed by atoms with Crippen LogP contribution in [0.2, 0.25) is 5.02 Å². The molecule has 0 radical (unpaired) electrons. The van der Waals surface area contributed by atoms with Crippen molar-refractivity contribution in [2.45, 2.75) is 6.04 Å². The molecule has 7 heteroatoms. The van der Waals surface area contributed by atoms with Gasteiger partial charge in [-0.05, 0) is 29.8 Å². The van der Waals surface area contributed by atoms with Crippen LogP contribution in [-0.4, -0.2) is 26.7 Å². The van der Waals surface area contributed by atoms with Gasteiger partial charge in [0.05, 0.1) is 26.2 Å². The zero-order valence-electron chi connectivity index (χ0n) is 14.0. The molecule has 2 aromatic carbocycles. The van der Waals surface area contributed by atoms with Crippen LogP contribution in [-0.2, 0) is 4.79 Å². The van der Waals surface area contributed by atoms with Crippen molar-refractivity contribution < 1.29 is 14.3 Å². The van der Waals surface area contributed by atoms with E-state index in [-0.39, 0.29) is 17.9 Å². The van der Waals surface area contributed by atoms with E-state index < -0.39 is 0 Å². The summed E-state index contributed by atoms with van der Waals surface area (Å²) in [5, 5.41) is 3.61. The van der Waals surface area contributed by atoms with Crippen LogP contribution in [0.1, 0.15) is 11.6 Å². The lowest BCUT2D eigenvalue weighted by atomic mass is 9.94. The Morgan fingerprint density at radius 2 is 1.84 bits per heavy atom. The number of nitrogens with one attached hydrogen (secondary N) is 3. The summed E-state index contributed by atoms with van der Waals surface area (Å²) in [6.45, 7) is 0.534. The van der Waals surface area contributed by atoms with Crippen molar-refractivity contribution in [3.05, 3.63) is 53.1 Å². The Morgan fingerprint density at radius 3 is 2.52 bits per heavy atom. The lowest BCUT2D eigenvalue weighted by Crippen LogP contribution is -2.29. The van der Waals surface area contributed by atoms with Gasteiger partial charge in [0.15, 0.2) is 11.5 Å². The largest absolute Gasteiger partial charge is 0.493 e. The third-order valence-corrected chi connectivity index (χ3v) is 4.45. The number of hydrogen-bond donors (Lipinski definition) is 3. The predicted octanol–water partition coefficient (Wildman–Crippen LogP) is 2.76. The second-order valence-corrected chi connectivity index (χ2v) is 6.16. The number of hydrazine groups is 1. The van der Waals surface area contributed by atoms with Gasteiger partial charge in [0.2, 0.25) is 5.91 Å². The molecule has 0 saturated carbocycles. The summed E-state index contributed by atoms with van der Waals surface area (Å²) in [6.07, 6.45) is 0. The van der Waals surface area contributed by atoms with Crippen molar-refractivity contribution in [1.29, 1.82) is 0 Å². The molecule has 132 valence electrons. The van der Waals surface area contributed by atoms with E-state index in [0.717, 1.165) is 5.56 Å². The molecule has 0 aliphatic carbocycles. The second kappa shape index (κ2) is 7.74. The van der Waals surface area contributed by atoms with Gasteiger partial charge in [0, 0.05) is 23.3 Å². The van der Waals surface area contributed by atoms with Crippen LogP contribution in [0.3, 0.4) is 0 Å². The van der Waals surface area contributed by atoms with Crippen LogP contribution in [0, 0.1) is 5.92 Å². The van der Waals surface area contributed by atoms with Crippen molar-refractivity contribution in [3.8, 4) is 11.5 Å². The Hall–Kier alpha value is -2.28. The molecule has 0 spiro atoms. The average Bonchev–Trinajstić information content (AvgIpc) is 3.12. The number of benzene rings is 2. The molecule has 0 aromatic heterocycles. The summed E-state index contributed by atoms with van der Waals surface area (Å²) in [5.41, 5.74) is 7.86. The van der Waals surface area contributed by atoms with Crippen LogP contribution >= 0.6 is 11.6 Å². The number of carbonyl (C=O) groups excluding carboxylic acids is 1. The van der Waals surface area contributed by atoms with E-state index in [2.05, 4.69) is 16.2 Å². The Morgan fingerprint density at radius 1 is 1.12 bits per heavy atom. The number of halogens is 1. The molecule has 0 bridgehead atoms. The summed E-state index contributed by atoms with van der Waals surface area (Å²) >= 11 is 5.94. The lowest BCUT2D eigenvalue weighted by molar-refractivity contribution is -0.119. The van der Waals surface area contributed by atoms with Crippen molar-refractivity contribution in [2.24, 2.45) is 5.92 Å². The third-order valence-electron chi connectivity index (χ3n) is 4.20. The van der Waals surface area contributed by atoms with Gasteiger partial charge in [-0.1, -0.05) is 23.7 Å². The lowest BCUT2D eigenvalue weighted by Gasteiger charge is -2.19. The molecule has 1 heterocycles. The highest BCUT2D eigenvalue weighted by Crippen LogP contribution is 2.31. The molecule has 1 amide bonds. The molecule has 1 aliphatic heterocycles. The van der Waals surface area contributed by atoms with Gasteiger partial charge in [-0.3, -0.25) is 10.2 Å². The zero-order valence-corrected chi connectivity index (χ0v) is 14.8. The van der Waals surface area contributed by atoms with E-state index in [1.54, 1.807) is 32.4 Å². The summed E-state index contributed by atoms with van der Waals surface area (Å²) in [4.78, 5) is 12.7. The maximum atomic E-state index is 12.7. The minimum Gasteiger partial charge on any atom is -0.493 e. The number of methoxy groups -OCH3 is 2. The highest BCUT2D eigenvalue weighted by Gasteiger charge is 2.34. The van der Waals surface area contributed by atoms with Crippen molar-refractivity contribution in [1.82, 2.24) is 10.9 Å². The highest BCUT2D eigenvalue weighted by molar-refractivity contribution is 6.30. The SMILES string of the molecule is COc1ccc(NC(=O)C2CNNC2c2ccc(Cl)cc2)cc1OC. The van der Waals surface area contributed by atoms with Gasteiger partial charge in [-0.25, -0.2) is 5.43 Å². The minimum atomic E-state index is -0.255. The van der Waals surface area contributed by atoms with Gasteiger partial charge in [0.1, 0.15) is 0 Å². The summed E-state index contributed by atoms with van der Waals surface area (Å²) in [6, 6.07) is 12.6. The van der Waals surface area contributed by atoms with Crippen LogP contribution in [0.5, 0.6) is 11.5 Å². The molecule has 2 unspecified atom stereocenters. The van der Waals surface area contributed by atoms with E-state index >= 15 is 0 Å². The van der Waals surface area contributed by atoms with E-state index in [4.69, 9.17) is 21.1 Å². The summed E-state index contributed by atoms with van der Waals surface area (Å²) in [5.74, 6) is 0.847. The number of rotatable bonds is 5. The van der Waals surface area contributed by atoms with Gasteiger partial charge in [-0.2, -0.15) is 0 Å². The molecule has 2 aromatic rings. The molecule has 1 aliphatic rings. The predicted molar refractivity (Wildman–Crippen MR) is 97.0 cm³/mol. The molecule has 3 rings (SSSR count). The average molecular weight is 362 g/mol. The number of hydrogen-bond acceptors (Lipinski definition) is 5. The second-order valence-electron chi connectivity index (χ2n) is 5.72. The fourth-order valence-corrected chi connectivity index (χ4v) is 3.00. The third kappa shape index (κ3) is 3.87.